The Kier molecular flexibility index (Phi) is 5.65. The third-order valence-electron chi connectivity index (χ3n) is 3.00. The molecular weight excluding hydrogens is 228 g/mol. The van der Waals surface area contributed by atoms with Gasteiger partial charge < -0.3 is 15.8 Å². The van der Waals surface area contributed by atoms with Crippen LogP contribution in [0.5, 0.6) is 5.75 Å². The number of hydrogen-bond acceptors (Lipinski definition) is 3. The van der Waals surface area contributed by atoms with E-state index in [1.807, 2.05) is 45.0 Å². The first-order valence-corrected chi connectivity index (χ1v) is 6.38. The number of nitrogens with two attached hydrogens (primary N) is 1. The van der Waals surface area contributed by atoms with E-state index in [0.717, 1.165) is 6.42 Å². The van der Waals surface area contributed by atoms with Gasteiger partial charge in [-0.1, -0.05) is 32.4 Å². The molecule has 0 unspecified atom stereocenters. The van der Waals surface area contributed by atoms with E-state index in [0.29, 0.717) is 18.0 Å². The van der Waals surface area contributed by atoms with E-state index in [2.05, 4.69) is 5.32 Å². The second kappa shape index (κ2) is 7.01. The predicted molar refractivity (Wildman–Crippen MR) is 73.7 cm³/mol. The zero-order valence-electron chi connectivity index (χ0n) is 11.3. The molecule has 18 heavy (non-hydrogen) atoms. The van der Waals surface area contributed by atoms with Gasteiger partial charge in [0.25, 0.3) is 0 Å². The smallest absolute Gasteiger partial charge is 0.241 e. The zero-order valence-corrected chi connectivity index (χ0v) is 11.3. The fourth-order valence-electron chi connectivity index (χ4n) is 1.58. The largest absolute Gasteiger partial charge is 0.492 e. The minimum absolute atomic E-state index is 0.157. The van der Waals surface area contributed by atoms with Gasteiger partial charge in [0.1, 0.15) is 5.75 Å². The molecule has 0 saturated heterocycles. The number of ether oxygens (including phenoxy) is 1. The molecule has 0 fully saturated rings. The molecule has 0 aliphatic carbocycles. The quantitative estimate of drug-likeness (QED) is 0.814. The summed E-state index contributed by atoms with van der Waals surface area (Å²) in [5.74, 6) is 0.658. The SMILES string of the molecule is CCOc1ccccc1NC(=O)[C@@H](N)[C@@H](C)CC. The maximum absolute atomic E-state index is 12.0. The molecule has 0 aliphatic rings. The minimum Gasteiger partial charge on any atom is -0.492 e. The van der Waals surface area contributed by atoms with Crippen LogP contribution in [0.2, 0.25) is 0 Å². The highest BCUT2D eigenvalue weighted by Crippen LogP contribution is 2.24. The van der Waals surface area contributed by atoms with Crippen molar-refractivity contribution in [3.8, 4) is 5.75 Å². The normalized spacial score (nSPS) is 13.8. The highest BCUT2D eigenvalue weighted by atomic mass is 16.5. The number of nitrogens with one attached hydrogen (secondary N) is 1. The topological polar surface area (TPSA) is 64.3 Å². The summed E-state index contributed by atoms with van der Waals surface area (Å²) in [5.41, 5.74) is 6.56. The summed E-state index contributed by atoms with van der Waals surface area (Å²) in [6.07, 6.45) is 0.877. The van der Waals surface area contributed by atoms with E-state index in [1.165, 1.54) is 0 Å². The lowest BCUT2D eigenvalue weighted by atomic mass is 9.99. The second-order valence-electron chi connectivity index (χ2n) is 4.33. The molecule has 4 heteroatoms. The van der Waals surface area contributed by atoms with Gasteiger partial charge in [0.15, 0.2) is 0 Å². The van der Waals surface area contributed by atoms with Crippen molar-refractivity contribution in [2.24, 2.45) is 11.7 Å². The summed E-state index contributed by atoms with van der Waals surface area (Å²) < 4.78 is 5.45. The first kappa shape index (κ1) is 14.5. The van der Waals surface area contributed by atoms with Crippen LogP contribution in [0.25, 0.3) is 0 Å². The van der Waals surface area contributed by atoms with Crippen molar-refractivity contribution in [3.05, 3.63) is 24.3 Å². The maximum atomic E-state index is 12.0. The van der Waals surface area contributed by atoms with Gasteiger partial charge in [-0.2, -0.15) is 0 Å². The highest BCUT2D eigenvalue weighted by Gasteiger charge is 2.20. The molecule has 3 N–H and O–H groups in total. The number of para-hydroxylation sites is 2. The molecule has 1 rings (SSSR count). The summed E-state index contributed by atoms with van der Waals surface area (Å²) in [4.78, 5) is 12.0. The van der Waals surface area contributed by atoms with Crippen LogP contribution >= 0.6 is 0 Å². The van der Waals surface area contributed by atoms with E-state index in [4.69, 9.17) is 10.5 Å². The van der Waals surface area contributed by atoms with Gasteiger partial charge in [-0.15, -0.1) is 0 Å². The van der Waals surface area contributed by atoms with Gasteiger partial charge in [-0.25, -0.2) is 0 Å². The molecule has 0 aliphatic heterocycles. The van der Waals surface area contributed by atoms with Crippen LogP contribution in [0.3, 0.4) is 0 Å². The molecule has 4 nitrogen and oxygen atoms in total. The van der Waals surface area contributed by atoms with E-state index in [-0.39, 0.29) is 11.8 Å². The van der Waals surface area contributed by atoms with E-state index >= 15 is 0 Å². The summed E-state index contributed by atoms with van der Waals surface area (Å²) in [7, 11) is 0. The highest BCUT2D eigenvalue weighted by molar-refractivity contribution is 5.96. The standard InChI is InChI=1S/C14H22N2O2/c1-4-10(3)13(15)14(17)16-11-8-6-7-9-12(11)18-5-2/h6-10,13H,4-5,15H2,1-3H3,(H,16,17)/t10-,13-/m0/s1. The van der Waals surface area contributed by atoms with Crippen LogP contribution in [0.4, 0.5) is 5.69 Å². The molecule has 0 aromatic heterocycles. The van der Waals surface area contributed by atoms with Crippen LogP contribution in [-0.2, 0) is 4.79 Å². The monoisotopic (exact) mass is 250 g/mol. The Bertz CT molecular complexity index is 393. The molecule has 0 spiro atoms. The van der Waals surface area contributed by atoms with Gasteiger partial charge in [-0.3, -0.25) is 4.79 Å². The fraction of sp³-hybridized carbons (Fsp3) is 0.500. The molecular formula is C14H22N2O2. The third-order valence-corrected chi connectivity index (χ3v) is 3.00. The summed E-state index contributed by atoms with van der Waals surface area (Å²) >= 11 is 0. The molecule has 0 saturated carbocycles. The summed E-state index contributed by atoms with van der Waals surface area (Å²) in [5, 5.41) is 2.82. The summed E-state index contributed by atoms with van der Waals surface area (Å²) in [6, 6.07) is 6.87. The van der Waals surface area contributed by atoms with Crippen LogP contribution in [0, 0.1) is 5.92 Å². The molecule has 0 radical (unpaired) electrons. The first-order valence-electron chi connectivity index (χ1n) is 6.38. The average molecular weight is 250 g/mol. The summed E-state index contributed by atoms with van der Waals surface area (Å²) in [6.45, 7) is 6.46. The zero-order chi connectivity index (χ0) is 13.5. The van der Waals surface area contributed by atoms with Crippen LogP contribution in [-0.4, -0.2) is 18.6 Å². The minimum atomic E-state index is -0.496. The number of benzene rings is 1. The molecule has 2 atom stereocenters. The number of rotatable bonds is 6. The molecule has 1 aromatic rings. The van der Waals surface area contributed by atoms with Crippen LogP contribution in [0.15, 0.2) is 24.3 Å². The van der Waals surface area contributed by atoms with Crippen molar-refractivity contribution in [1.82, 2.24) is 0 Å². The second-order valence-corrected chi connectivity index (χ2v) is 4.33. The van der Waals surface area contributed by atoms with Crippen molar-refractivity contribution in [3.63, 3.8) is 0 Å². The van der Waals surface area contributed by atoms with E-state index in [1.54, 1.807) is 0 Å². The fourth-order valence-corrected chi connectivity index (χ4v) is 1.58. The van der Waals surface area contributed by atoms with Crippen molar-refractivity contribution in [1.29, 1.82) is 0 Å². The number of carbonyl (C=O) groups is 1. The third kappa shape index (κ3) is 3.74. The van der Waals surface area contributed by atoms with Crippen LogP contribution < -0.4 is 15.8 Å². The van der Waals surface area contributed by atoms with Crippen molar-refractivity contribution >= 4 is 11.6 Å². The average Bonchev–Trinajstić information content (AvgIpc) is 2.39. The number of anilines is 1. The Morgan fingerprint density at radius 1 is 1.39 bits per heavy atom. The molecule has 0 heterocycles. The van der Waals surface area contributed by atoms with E-state index in [9.17, 15) is 4.79 Å². The van der Waals surface area contributed by atoms with E-state index < -0.39 is 6.04 Å². The first-order chi connectivity index (χ1) is 8.60. The van der Waals surface area contributed by atoms with Crippen molar-refractivity contribution < 1.29 is 9.53 Å². The molecule has 100 valence electrons. The Hall–Kier alpha value is -1.55. The Morgan fingerprint density at radius 2 is 2.06 bits per heavy atom. The Labute approximate surface area is 109 Å². The van der Waals surface area contributed by atoms with Crippen molar-refractivity contribution in [2.45, 2.75) is 33.2 Å². The number of carbonyl (C=O) groups excluding carboxylic acids is 1. The maximum Gasteiger partial charge on any atom is 0.241 e. The lowest BCUT2D eigenvalue weighted by Crippen LogP contribution is -2.40. The van der Waals surface area contributed by atoms with Gasteiger partial charge in [0.2, 0.25) is 5.91 Å². The van der Waals surface area contributed by atoms with Crippen LogP contribution in [0.1, 0.15) is 27.2 Å². The number of amides is 1. The predicted octanol–water partition coefficient (Wildman–Crippen LogP) is 2.40. The molecule has 1 aromatic carbocycles. The van der Waals surface area contributed by atoms with Gasteiger partial charge in [0, 0.05) is 0 Å². The molecule has 0 bridgehead atoms. The lowest BCUT2D eigenvalue weighted by Gasteiger charge is -2.18. The lowest BCUT2D eigenvalue weighted by molar-refractivity contribution is -0.118. The van der Waals surface area contributed by atoms with Crippen molar-refractivity contribution in [2.75, 3.05) is 11.9 Å². The van der Waals surface area contributed by atoms with Gasteiger partial charge >= 0.3 is 0 Å². The Balaban J connectivity index is 2.75. The van der Waals surface area contributed by atoms with Gasteiger partial charge in [0.05, 0.1) is 18.3 Å². The molecule has 1 amide bonds. The Morgan fingerprint density at radius 3 is 2.67 bits per heavy atom. The number of hydrogen-bond donors (Lipinski definition) is 2. The van der Waals surface area contributed by atoms with Gasteiger partial charge in [-0.05, 0) is 25.0 Å².